The van der Waals surface area contributed by atoms with Crippen LogP contribution < -0.4 is 16.2 Å². The van der Waals surface area contributed by atoms with Crippen molar-refractivity contribution in [3.8, 4) is 17.1 Å². The monoisotopic (exact) mass is 547 g/mol. The first-order chi connectivity index (χ1) is 18.1. The van der Waals surface area contributed by atoms with E-state index in [0.717, 1.165) is 17.9 Å². The third kappa shape index (κ3) is 5.36. The summed E-state index contributed by atoms with van der Waals surface area (Å²) in [7, 11) is 0. The molecule has 1 saturated carbocycles. The molecule has 0 spiro atoms. The second-order valence-corrected chi connectivity index (χ2v) is 11.6. The van der Waals surface area contributed by atoms with Crippen LogP contribution in [0.25, 0.3) is 22.3 Å². The minimum Gasteiger partial charge on any atom is -0.489 e. The number of benzene rings is 1. The molecular weight excluding hydrogens is 511 g/mol. The lowest BCUT2D eigenvalue weighted by molar-refractivity contribution is -0.265. The van der Waals surface area contributed by atoms with Gasteiger partial charge in [0, 0.05) is 41.0 Å². The fourth-order valence-electron chi connectivity index (χ4n) is 5.17. The van der Waals surface area contributed by atoms with E-state index < -0.39 is 40.7 Å². The van der Waals surface area contributed by atoms with E-state index in [9.17, 15) is 18.0 Å². The standard InChI is InChI=1S/C29H36F3N3O4/c1-17(33)15-27(4,34)26(2,3)25(36)39-24-11-10-23(28(24,5)29(30,31)32)37-20-9-8-18-13-21(38-22(18)14-20)19-7-6-12-35-16-19/h6-9,12-14,16-17,23-24H,10-11,15,33-34H2,1-5H3. The number of rotatable bonds is 8. The van der Waals surface area contributed by atoms with Gasteiger partial charge in [-0.3, -0.25) is 9.78 Å². The summed E-state index contributed by atoms with van der Waals surface area (Å²) in [5.41, 5.74) is 8.73. The quantitative estimate of drug-likeness (QED) is 0.333. The van der Waals surface area contributed by atoms with Crippen molar-refractivity contribution in [2.24, 2.45) is 22.3 Å². The number of fused-ring (bicyclic) bond motifs is 1. The van der Waals surface area contributed by atoms with Crippen molar-refractivity contribution in [2.45, 2.75) is 83.8 Å². The maximum Gasteiger partial charge on any atom is 0.401 e. The van der Waals surface area contributed by atoms with Crippen molar-refractivity contribution in [3.63, 3.8) is 0 Å². The summed E-state index contributed by atoms with van der Waals surface area (Å²) < 4.78 is 61.3. The van der Waals surface area contributed by atoms with Gasteiger partial charge in [0.2, 0.25) is 0 Å². The molecule has 5 unspecified atom stereocenters. The molecule has 0 amide bonds. The number of furan rings is 1. The lowest BCUT2D eigenvalue weighted by Gasteiger charge is -2.43. The lowest BCUT2D eigenvalue weighted by atomic mass is 9.70. The average molecular weight is 548 g/mol. The summed E-state index contributed by atoms with van der Waals surface area (Å²) in [6.45, 7) is 7.61. The fourth-order valence-corrected chi connectivity index (χ4v) is 5.17. The highest BCUT2D eigenvalue weighted by Gasteiger charge is 2.66. The van der Waals surface area contributed by atoms with E-state index in [4.69, 9.17) is 25.4 Å². The van der Waals surface area contributed by atoms with Crippen LogP contribution in [0.1, 0.15) is 53.9 Å². The van der Waals surface area contributed by atoms with Gasteiger partial charge in [-0.2, -0.15) is 13.2 Å². The molecule has 1 fully saturated rings. The molecule has 1 aliphatic rings. The molecule has 0 aliphatic heterocycles. The average Bonchev–Trinajstić information content (AvgIpc) is 3.40. The molecule has 4 rings (SSSR count). The van der Waals surface area contributed by atoms with Crippen molar-refractivity contribution in [3.05, 3.63) is 48.8 Å². The Hall–Kier alpha value is -3.11. The minimum absolute atomic E-state index is 0.00870. The number of nitrogens with two attached hydrogens (primary N) is 2. The molecule has 4 N–H and O–H groups in total. The first-order valence-corrected chi connectivity index (χ1v) is 13.0. The van der Waals surface area contributed by atoms with Gasteiger partial charge in [0.05, 0.1) is 5.41 Å². The van der Waals surface area contributed by atoms with Gasteiger partial charge < -0.3 is 25.4 Å². The first kappa shape index (κ1) is 28.9. The number of carbonyl (C=O) groups is 1. The van der Waals surface area contributed by atoms with Crippen LogP contribution in [0.2, 0.25) is 0 Å². The zero-order valence-electron chi connectivity index (χ0n) is 22.8. The van der Waals surface area contributed by atoms with Gasteiger partial charge in [0.25, 0.3) is 0 Å². The van der Waals surface area contributed by atoms with E-state index in [-0.39, 0.29) is 24.6 Å². The van der Waals surface area contributed by atoms with Crippen LogP contribution in [-0.4, -0.2) is 40.9 Å². The van der Waals surface area contributed by atoms with Gasteiger partial charge in [-0.25, -0.2) is 0 Å². The Morgan fingerprint density at radius 2 is 1.87 bits per heavy atom. The Kier molecular flexibility index (Phi) is 7.50. The van der Waals surface area contributed by atoms with Crippen molar-refractivity contribution in [1.82, 2.24) is 4.98 Å². The highest BCUT2D eigenvalue weighted by atomic mass is 19.4. The van der Waals surface area contributed by atoms with Gasteiger partial charge in [0.1, 0.15) is 34.7 Å². The van der Waals surface area contributed by atoms with Gasteiger partial charge in [-0.1, -0.05) is 0 Å². The molecule has 0 saturated heterocycles. The van der Waals surface area contributed by atoms with Gasteiger partial charge in [-0.15, -0.1) is 0 Å². The summed E-state index contributed by atoms with van der Waals surface area (Å²) in [4.78, 5) is 17.3. The molecule has 3 aromatic rings. The van der Waals surface area contributed by atoms with E-state index in [1.54, 1.807) is 64.4 Å². The number of pyridine rings is 1. The van der Waals surface area contributed by atoms with Crippen molar-refractivity contribution < 1.29 is 31.9 Å². The largest absolute Gasteiger partial charge is 0.489 e. The summed E-state index contributed by atoms with van der Waals surface area (Å²) in [6, 6.07) is 10.1. The number of nitrogens with zero attached hydrogens (tertiary/aromatic N) is 1. The summed E-state index contributed by atoms with van der Waals surface area (Å²) in [6.07, 6.45) is -3.78. The molecule has 5 atom stereocenters. The number of aromatic nitrogens is 1. The van der Waals surface area contributed by atoms with Crippen LogP contribution in [0.5, 0.6) is 5.75 Å². The van der Waals surface area contributed by atoms with E-state index in [0.29, 0.717) is 17.8 Å². The number of alkyl halides is 3. The van der Waals surface area contributed by atoms with Crippen molar-refractivity contribution >= 4 is 16.9 Å². The Morgan fingerprint density at radius 1 is 1.18 bits per heavy atom. The highest BCUT2D eigenvalue weighted by molar-refractivity contribution is 5.83. The predicted molar refractivity (Wildman–Crippen MR) is 142 cm³/mol. The summed E-state index contributed by atoms with van der Waals surface area (Å²) in [5.74, 6) is 0.0183. The topological polar surface area (TPSA) is 114 Å². The second kappa shape index (κ2) is 10.1. The van der Waals surface area contributed by atoms with Crippen LogP contribution in [0.15, 0.2) is 53.2 Å². The molecule has 0 bridgehead atoms. The molecular formula is C29H36F3N3O4. The first-order valence-electron chi connectivity index (χ1n) is 13.0. The number of esters is 1. The Balaban J connectivity index is 1.57. The molecule has 2 heterocycles. The summed E-state index contributed by atoms with van der Waals surface area (Å²) in [5, 5.41) is 0.775. The van der Waals surface area contributed by atoms with Crippen LogP contribution in [-0.2, 0) is 9.53 Å². The Labute approximate surface area is 226 Å². The third-order valence-electron chi connectivity index (χ3n) is 8.29. The number of ether oxygens (including phenoxy) is 2. The van der Waals surface area contributed by atoms with Crippen LogP contribution in [0, 0.1) is 10.8 Å². The van der Waals surface area contributed by atoms with Crippen molar-refractivity contribution in [2.75, 3.05) is 0 Å². The van der Waals surface area contributed by atoms with E-state index >= 15 is 0 Å². The molecule has 1 aliphatic carbocycles. The van der Waals surface area contributed by atoms with E-state index in [1.807, 2.05) is 12.1 Å². The molecule has 7 nitrogen and oxygen atoms in total. The second-order valence-electron chi connectivity index (χ2n) is 11.6. The molecule has 39 heavy (non-hydrogen) atoms. The SMILES string of the molecule is CC(N)CC(C)(N)C(C)(C)C(=O)OC1CCC(Oc2ccc3cc(-c4cccnc4)oc3c2)C1(C)C(F)(F)F. The Morgan fingerprint density at radius 3 is 2.49 bits per heavy atom. The lowest BCUT2D eigenvalue weighted by Crippen LogP contribution is -2.58. The van der Waals surface area contributed by atoms with Crippen LogP contribution in [0.4, 0.5) is 13.2 Å². The molecule has 1 aromatic carbocycles. The molecule has 212 valence electrons. The zero-order valence-corrected chi connectivity index (χ0v) is 22.8. The maximum atomic E-state index is 14.6. The number of hydrogen-bond donors (Lipinski definition) is 2. The van der Waals surface area contributed by atoms with E-state index in [1.165, 1.54) is 0 Å². The van der Waals surface area contributed by atoms with Crippen molar-refractivity contribution in [1.29, 1.82) is 0 Å². The maximum absolute atomic E-state index is 14.6. The number of carbonyl (C=O) groups excluding carboxylic acids is 1. The molecule has 0 radical (unpaired) electrons. The van der Waals surface area contributed by atoms with E-state index in [2.05, 4.69) is 4.98 Å². The van der Waals surface area contributed by atoms with Crippen LogP contribution in [0.3, 0.4) is 0 Å². The summed E-state index contributed by atoms with van der Waals surface area (Å²) >= 11 is 0. The number of hydrogen-bond acceptors (Lipinski definition) is 7. The fraction of sp³-hybridized carbons (Fsp3) is 0.517. The van der Waals surface area contributed by atoms with Crippen LogP contribution >= 0.6 is 0 Å². The highest BCUT2D eigenvalue weighted by Crippen LogP contribution is 2.53. The normalized spacial score (nSPS) is 24.4. The number of halogens is 3. The Bertz CT molecular complexity index is 1320. The smallest absolute Gasteiger partial charge is 0.401 e. The zero-order chi connectivity index (χ0) is 28.8. The predicted octanol–water partition coefficient (Wildman–Crippen LogP) is 6.00. The van der Waals surface area contributed by atoms with Gasteiger partial charge in [-0.05, 0) is 84.2 Å². The van der Waals surface area contributed by atoms with Gasteiger partial charge in [0.15, 0.2) is 0 Å². The molecule has 2 aromatic heterocycles. The minimum atomic E-state index is -4.71. The molecule has 10 heteroatoms. The van der Waals surface area contributed by atoms with Gasteiger partial charge >= 0.3 is 12.1 Å². The third-order valence-corrected chi connectivity index (χ3v) is 8.29.